The number of ether oxygens (including phenoxy) is 2. The number of esters is 2. The number of amides is 1. The van der Waals surface area contributed by atoms with E-state index in [1.54, 1.807) is 0 Å². The molecule has 1 fully saturated rings. The van der Waals surface area contributed by atoms with E-state index < -0.39 is 17.4 Å². The summed E-state index contributed by atoms with van der Waals surface area (Å²) in [5, 5.41) is 0. The van der Waals surface area contributed by atoms with Crippen molar-refractivity contribution in [2.24, 2.45) is 5.41 Å². The highest BCUT2D eigenvalue weighted by atomic mass is 16.5. The fraction of sp³-hybridized carbons (Fsp3) is 0.700. The number of hydrogen-bond acceptors (Lipinski definition) is 5. The van der Waals surface area contributed by atoms with Gasteiger partial charge in [0, 0.05) is 13.1 Å². The van der Waals surface area contributed by atoms with Crippen LogP contribution in [-0.2, 0) is 23.9 Å². The van der Waals surface area contributed by atoms with Crippen molar-refractivity contribution in [1.29, 1.82) is 0 Å². The predicted octanol–water partition coefficient (Wildman–Crippen LogP) is -0.429. The molecule has 1 aliphatic rings. The summed E-state index contributed by atoms with van der Waals surface area (Å²) in [6.45, 7) is 0.710. The zero-order valence-electron chi connectivity index (χ0n) is 9.39. The molecule has 0 unspecified atom stereocenters. The van der Waals surface area contributed by atoms with Crippen LogP contribution in [0, 0.1) is 5.41 Å². The first kappa shape index (κ1) is 12.5. The highest BCUT2D eigenvalue weighted by molar-refractivity contribution is 6.00. The van der Waals surface area contributed by atoms with E-state index in [0.717, 1.165) is 0 Å². The Morgan fingerprint density at radius 1 is 1.12 bits per heavy atom. The topological polar surface area (TPSA) is 72.9 Å². The second-order valence-corrected chi connectivity index (χ2v) is 3.71. The van der Waals surface area contributed by atoms with Crippen LogP contribution in [0.15, 0.2) is 0 Å². The van der Waals surface area contributed by atoms with Gasteiger partial charge in [-0.1, -0.05) is 0 Å². The maximum absolute atomic E-state index is 11.7. The quantitative estimate of drug-likeness (QED) is 0.373. The molecular weight excluding hydrogens is 214 g/mol. The minimum atomic E-state index is -1.25. The van der Waals surface area contributed by atoms with Gasteiger partial charge >= 0.3 is 11.9 Å². The van der Waals surface area contributed by atoms with Crippen LogP contribution < -0.4 is 0 Å². The summed E-state index contributed by atoms with van der Waals surface area (Å²) < 4.78 is 9.28. The molecule has 0 N–H and O–H groups in total. The molecule has 6 heteroatoms. The molecule has 0 aliphatic carbocycles. The monoisotopic (exact) mass is 229 g/mol. The fourth-order valence-corrected chi connectivity index (χ4v) is 1.89. The molecule has 1 amide bonds. The molecule has 0 spiro atoms. The molecule has 0 aromatic rings. The Balaban J connectivity index is 2.86. The number of carbonyl (C=O) groups is 3. The number of carbonyl (C=O) groups excluding carboxylic acids is 3. The molecule has 0 radical (unpaired) electrons. The van der Waals surface area contributed by atoms with Crippen molar-refractivity contribution < 1.29 is 23.9 Å². The van der Waals surface area contributed by atoms with E-state index in [1.165, 1.54) is 19.1 Å². The molecule has 0 bridgehead atoms. The molecule has 1 heterocycles. The molecule has 16 heavy (non-hydrogen) atoms. The highest BCUT2D eigenvalue weighted by Gasteiger charge is 2.50. The maximum Gasteiger partial charge on any atom is 0.323 e. The largest absolute Gasteiger partial charge is 0.468 e. The Morgan fingerprint density at radius 3 is 1.88 bits per heavy atom. The van der Waals surface area contributed by atoms with E-state index in [2.05, 4.69) is 9.47 Å². The van der Waals surface area contributed by atoms with Crippen molar-refractivity contribution in [3.05, 3.63) is 0 Å². The Hall–Kier alpha value is -1.59. The van der Waals surface area contributed by atoms with Gasteiger partial charge in [0.25, 0.3) is 0 Å². The summed E-state index contributed by atoms with van der Waals surface area (Å²) in [6, 6.07) is 0. The average molecular weight is 229 g/mol. The van der Waals surface area contributed by atoms with Crippen molar-refractivity contribution in [2.75, 3.05) is 27.3 Å². The zero-order chi connectivity index (χ0) is 12.2. The molecule has 0 aromatic carbocycles. The third-order valence-electron chi connectivity index (χ3n) is 2.95. The highest BCUT2D eigenvalue weighted by Crippen LogP contribution is 2.33. The predicted molar refractivity (Wildman–Crippen MR) is 53.3 cm³/mol. The summed E-state index contributed by atoms with van der Waals surface area (Å²) >= 11 is 0. The first-order valence-electron chi connectivity index (χ1n) is 4.97. The summed E-state index contributed by atoms with van der Waals surface area (Å²) in [4.78, 5) is 35.4. The maximum atomic E-state index is 11.7. The zero-order valence-corrected chi connectivity index (χ0v) is 9.39. The molecule has 1 aliphatic heterocycles. The lowest BCUT2D eigenvalue weighted by Gasteiger charge is -2.35. The van der Waals surface area contributed by atoms with Gasteiger partial charge in [0.1, 0.15) is 0 Å². The van der Waals surface area contributed by atoms with Crippen molar-refractivity contribution in [1.82, 2.24) is 4.90 Å². The summed E-state index contributed by atoms with van der Waals surface area (Å²) in [5.74, 6) is -1.19. The molecular formula is C10H15NO5. The van der Waals surface area contributed by atoms with Gasteiger partial charge in [-0.25, -0.2) is 0 Å². The van der Waals surface area contributed by atoms with Gasteiger partial charge in [-0.2, -0.15) is 0 Å². The van der Waals surface area contributed by atoms with Gasteiger partial charge < -0.3 is 14.4 Å². The van der Waals surface area contributed by atoms with E-state index >= 15 is 0 Å². The molecule has 90 valence electrons. The first-order chi connectivity index (χ1) is 7.60. The van der Waals surface area contributed by atoms with Crippen molar-refractivity contribution in [2.45, 2.75) is 12.8 Å². The lowest BCUT2D eigenvalue weighted by molar-refractivity contribution is -0.173. The lowest BCUT2D eigenvalue weighted by atomic mass is 9.78. The fourth-order valence-electron chi connectivity index (χ4n) is 1.89. The van der Waals surface area contributed by atoms with Crippen LogP contribution >= 0.6 is 0 Å². The molecule has 0 saturated carbocycles. The van der Waals surface area contributed by atoms with Crippen LogP contribution in [0.2, 0.25) is 0 Å². The van der Waals surface area contributed by atoms with Crippen LogP contribution in [-0.4, -0.2) is 50.6 Å². The Kier molecular flexibility index (Phi) is 3.87. The number of methoxy groups -OCH3 is 2. The van der Waals surface area contributed by atoms with Crippen molar-refractivity contribution in [3.63, 3.8) is 0 Å². The second kappa shape index (κ2) is 4.96. The number of nitrogens with zero attached hydrogens (tertiary/aromatic N) is 1. The van der Waals surface area contributed by atoms with Crippen molar-refractivity contribution >= 4 is 18.3 Å². The van der Waals surface area contributed by atoms with Crippen LogP contribution in [0.4, 0.5) is 0 Å². The number of hydrogen-bond donors (Lipinski definition) is 0. The van der Waals surface area contributed by atoms with E-state index in [0.29, 0.717) is 19.5 Å². The van der Waals surface area contributed by atoms with E-state index in [-0.39, 0.29) is 12.8 Å². The number of piperidine rings is 1. The van der Waals surface area contributed by atoms with Gasteiger partial charge in [0.05, 0.1) is 14.2 Å². The molecule has 1 rings (SSSR count). The van der Waals surface area contributed by atoms with Gasteiger partial charge in [-0.05, 0) is 12.8 Å². The van der Waals surface area contributed by atoms with Gasteiger partial charge in [0.2, 0.25) is 6.41 Å². The van der Waals surface area contributed by atoms with Crippen LogP contribution in [0.5, 0.6) is 0 Å². The summed E-state index contributed by atoms with van der Waals surface area (Å²) in [6.07, 6.45) is 1.19. The van der Waals surface area contributed by atoms with Crippen LogP contribution in [0.1, 0.15) is 12.8 Å². The molecule has 0 aromatic heterocycles. The Morgan fingerprint density at radius 2 is 1.56 bits per heavy atom. The van der Waals surface area contributed by atoms with Crippen LogP contribution in [0.25, 0.3) is 0 Å². The Labute approximate surface area is 93.5 Å². The number of likely N-dealkylation sites (tertiary alicyclic amines) is 1. The first-order valence-corrected chi connectivity index (χ1v) is 4.97. The smallest absolute Gasteiger partial charge is 0.323 e. The van der Waals surface area contributed by atoms with E-state index in [4.69, 9.17) is 0 Å². The van der Waals surface area contributed by atoms with Gasteiger partial charge in [0.15, 0.2) is 5.41 Å². The lowest BCUT2D eigenvalue weighted by Crippen LogP contribution is -2.49. The normalized spacial score (nSPS) is 18.8. The van der Waals surface area contributed by atoms with Gasteiger partial charge in [-0.3, -0.25) is 14.4 Å². The van der Waals surface area contributed by atoms with Gasteiger partial charge in [-0.15, -0.1) is 0 Å². The van der Waals surface area contributed by atoms with Crippen molar-refractivity contribution in [3.8, 4) is 0 Å². The third-order valence-corrected chi connectivity index (χ3v) is 2.95. The Bertz CT molecular complexity index is 276. The molecule has 6 nitrogen and oxygen atoms in total. The standard InChI is InChI=1S/C10H15NO5/c1-15-8(13)10(9(14)16-2)3-5-11(7-12)6-4-10/h7H,3-6H2,1-2H3. The molecule has 1 saturated heterocycles. The van der Waals surface area contributed by atoms with Crippen LogP contribution in [0.3, 0.4) is 0 Å². The minimum Gasteiger partial charge on any atom is -0.468 e. The van der Waals surface area contributed by atoms with E-state index in [1.807, 2.05) is 0 Å². The number of rotatable bonds is 3. The average Bonchev–Trinajstić information content (AvgIpc) is 2.36. The summed E-state index contributed by atoms with van der Waals surface area (Å²) in [5.41, 5.74) is -1.25. The second-order valence-electron chi connectivity index (χ2n) is 3.71. The summed E-state index contributed by atoms with van der Waals surface area (Å²) in [7, 11) is 2.47. The molecule has 0 atom stereocenters. The third kappa shape index (κ3) is 2.00. The van der Waals surface area contributed by atoms with E-state index in [9.17, 15) is 14.4 Å². The SMILES string of the molecule is COC(=O)C1(C(=O)OC)CCN(C=O)CC1. The minimum absolute atomic E-state index is 0.241.